The molecule has 3 aromatic rings. The second kappa shape index (κ2) is 8.53. The molecule has 0 unspecified atom stereocenters. The SMILES string of the molecule is NC(=O)c1c(-c2ccc(Oc3ccccc3)cc2)nn2c1CCN[C@@H]2C1CCNCC1. The van der Waals surface area contributed by atoms with E-state index in [2.05, 4.69) is 10.6 Å². The first kappa shape index (κ1) is 19.8. The van der Waals surface area contributed by atoms with Gasteiger partial charge in [-0.25, -0.2) is 0 Å². The minimum absolute atomic E-state index is 0.0957. The van der Waals surface area contributed by atoms with Crippen LogP contribution in [-0.4, -0.2) is 35.3 Å². The van der Waals surface area contributed by atoms with Gasteiger partial charge in [0.25, 0.3) is 5.91 Å². The number of primary amides is 1. The van der Waals surface area contributed by atoms with Crippen LogP contribution in [0.4, 0.5) is 0 Å². The lowest BCUT2D eigenvalue weighted by molar-refractivity contribution is 0.0998. The molecule has 1 saturated heterocycles. The van der Waals surface area contributed by atoms with Crippen molar-refractivity contribution < 1.29 is 9.53 Å². The molecule has 5 rings (SSSR count). The molecule has 3 heterocycles. The van der Waals surface area contributed by atoms with Crippen molar-refractivity contribution in [3.05, 3.63) is 65.9 Å². The third-order valence-corrected chi connectivity index (χ3v) is 6.17. The van der Waals surface area contributed by atoms with Gasteiger partial charge in [-0.05, 0) is 68.2 Å². The number of nitrogens with one attached hydrogen (secondary N) is 2. The standard InChI is InChI=1S/C24H27N5O2/c25-23(30)21-20-12-15-27-24(17-10-13-26-14-11-17)29(20)28-22(21)16-6-8-19(9-7-16)31-18-4-2-1-3-5-18/h1-9,17,24,26-27H,10-15H2,(H2,25,30)/t24-/m0/s1. The Labute approximate surface area is 181 Å². The highest BCUT2D eigenvalue weighted by atomic mass is 16.5. The molecule has 2 aromatic carbocycles. The molecule has 0 saturated carbocycles. The van der Waals surface area contributed by atoms with E-state index in [9.17, 15) is 4.79 Å². The number of carbonyl (C=O) groups excluding carboxylic acids is 1. The third-order valence-electron chi connectivity index (χ3n) is 6.17. The number of hydrogen-bond acceptors (Lipinski definition) is 5. The number of benzene rings is 2. The van der Waals surface area contributed by atoms with Crippen molar-refractivity contribution >= 4 is 5.91 Å². The summed E-state index contributed by atoms with van der Waals surface area (Å²) in [5.74, 6) is 1.57. The largest absolute Gasteiger partial charge is 0.457 e. The average molecular weight is 418 g/mol. The van der Waals surface area contributed by atoms with Crippen LogP contribution in [0.5, 0.6) is 11.5 Å². The third kappa shape index (κ3) is 3.94. The summed E-state index contributed by atoms with van der Waals surface area (Å²) in [5.41, 5.74) is 8.82. The maximum Gasteiger partial charge on any atom is 0.252 e. The van der Waals surface area contributed by atoms with Crippen molar-refractivity contribution in [2.45, 2.75) is 25.4 Å². The van der Waals surface area contributed by atoms with Crippen molar-refractivity contribution in [2.24, 2.45) is 11.7 Å². The number of rotatable bonds is 5. The fourth-order valence-corrected chi connectivity index (χ4v) is 4.66. The Bertz CT molecular complexity index is 1060. The van der Waals surface area contributed by atoms with E-state index in [1.807, 2.05) is 59.3 Å². The van der Waals surface area contributed by atoms with Gasteiger partial charge in [-0.3, -0.25) is 14.8 Å². The van der Waals surface area contributed by atoms with E-state index in [1.54, 1.807) is 0 Å². The minimum Gasteiger partial charge on any atom is -0.457 e. The quantitative estimate of drug-likeness (QED) is 0.593. The molecule has 160 valence electrons. The van der Waals surface area contributed by atoms with Crippen LogP contribution in [0.15, 0.2) is 54.6 Å². The lowest BCUT2D eigenvalue weighted by Gasteiger charge is -2.35. The van der Waals surface area contributed by atoms with Crippen molar-refractivity contribution in [1.29, 1.82) is 0 Å². The molecule has 0 bridgehead atoms. The summed E-state index contributed by atoms with van der Waals surface area (Å²) >= 11 is 0. The normalized spacial score (nSPS) is 19.0. The second-order valence-corrected chi connectivity index (χ2v) is 8.16. The van der Waals surface area contributed by atoms with Crippen LogP contribution in [0.1, 0.15) is 35.1 Å². The topological polar surface area (TPSA) is 94.2 Å². The molecule has 7 nitrogen and oxygen atoms in total. The van der Waals surface area contributed by atoms with Crippen LogP contribution in [0.3, 0.4) is 0 Å². The Balaban J connectivity index is 1.47. The molecule has 7 heteroatoms. The molecule has 1 aromatic heterocycles. The summed E-state index contributed by atoms with van der Waals surface area (Å²) in [4.78, 5) is 12.4. The van der Waals surface area contributed by atoms with Crippen molar-refractivity contribution in [3.63, 3.8) is 0 Å². The smallest absolute Gasteiger partial charge is 0.252 e. The molecule has 4 N–H and O–H groups in total. The van der Waals surface area contributed by atoms with Gasteiger partial charge in [-0.15, -0.1) is 0 Å². The van der Waals surface area contributed by atoms with Gasteiger partial charge in [0.05, 0.1) is 11.3 Å². The van der Waals surface area contributed by atoms with E-state index in [-0.39, 0.29) is 6.17 Å². The van der Waals surface area contributed by atoms with E-state index in [4.69, 9.17) is 15.6 Å². The predicted octanol–water partition coefficient (Wildman–Crippen LogP) is 3.09. The van der Waals surface area contributed by atoms with Gasteiger partial charge in [-0.1, -0.05) is 18.2 Å². The van der Waals surface area contributed by atoms with Gasteiger partial charge in [0, 0.05) is 18.5 Å². The highest BCUT2D eigenvalue weighted by molar-refractivity contribution is 6.00. The Hall–Kier alpha value is -3.16. The molecule has 0 spiro atoms. The van der Waals surface area contributed by atoms with Crippen LogP contribution < -0.4 is 21.1 Å². The van der Waals surface area contributed by atoms with Crippen LogP contribution in [0, 0.1) is 5.92 Å². The number of aromatic nitrogens is 2. The molecular formula is C24H27N5O2. The van der Waals surface area contributed by atoms with E-state index < -0.39 is 5.91 Å². The summed E-state index contributed by atoms with van der Waals surface area (Å²) in [6.45, 7) is 2.85. The first-order valence-corrected chi connectivity index (χ1v) is 10.9. The second-order valence-electron chi connectivity index (χ2n) is 8.16. The van der Waals surface area contributed by atoms with E-state index >= 15 is 0 Å². The zero-order valence-electron chi connectivity index (χ0n) is 17.4. The van der Waals surface area contributed by atoms with Crippen LogP contribution in [0.2, 0.25) is 0 Å². The molecule has 31 heavy (non-hydrogen) atoms. The molecule has 2 aliphatic heterocycles. The average Bonchev–Trinajstić information content (AvgIpc) is 3.21. The Morgan fingerprint density at radius 2 is 1.71 bits per heavy atom. The highest BCUT2D eigenvalue weighted by Crippen LogP contribution is 2.34. The zero-order chi connectivity index (χ0) is 21.2. The van der Waals surface area contributed by atoms with Crippen molar-refractivity contribution in [1.82, 2.24) is 20.4 Å². The number of piperidine rings is 1. The van der Waals surface area contributed by atoms with Gasteiger partial charge in [0.2, 0.25) is 0 Å². The van der Waals surface area contributed by atoms with Gasteiger partial charge in [0.15, 0.2) is 0 Å². The van der Waals surface area contributed by atoms with Crippen molar-refractivity contribution in [2.75, 3.05) is 19.6 Å². The maximum atomic E-state index is 12.4. The van der Waals surface area contributed by atoms with Crippen LogP contribution in [0.25, 0.3) is 11.3 Å². The van der Waals surface area contributed by atoms with Crippen LogP contribution >= 0.6 is 0 Å². The van der Waals surface area contributed by atoms with Crippen molar-refractivity contribution in [3.8, 4) is 22.8 Å². The molecule has 2 aliphatic rings. The lowest BCUT2D eigenvalue weighted by Crippen LogP contribution is -2.44. The van der Waals surface area contributed by atoms with E-state index in [1.165, 1.54) is 0 Å². The number of nitrogens with two attached hydrogens (primary N) is 1. The Morgan fingerprint density at radius 1 is 1.00 bits per heavy atom. The summed E-state index contributed by atoms with van der Waals surface area (Å²) in [6, 6.07) is 17.3. The zero-order valence-corrected chi connectivity index (χ0v) is 17.4. The van der Waals surface area contributed by atoms with Gasteiger partial charge >= 0.3 is 0 Å². The summed E-state index contributed by atoms with van der Waals surface area (Å²) in [7, 11) is 0. The maximum absolute atomic E-state index is 12.4. The molecule has 1 fully saturated rings. The fourth-order valence-electron chi connectivity index (χ4n) is 4.66. The van der Waals surface area contributed by atoms with Gasteiger partial charge in [0.1, 0.15) is 23.4 Å². The lowest BCUT2D eigenvalue weighted by atomic mass is 9.93. The molecule has 1 atom stereocenters. The number of para-hydroxylation sites is 1. The number of hydrogen-bond donors (Lipinski definition) is 3. The van der Waals surface area contributed by atoms with Crippen LogP contribution in [-0.2, 0) is 6.42 Å². The summed E-state index contributed by atoms with van der Waals surface area (Å²) in [6.07, 6.45) is 3.01. The number of carbonyl (C=O) groups is 1. The first-order valence-electron chi connectivity index (χ1n) is 10.9. The van der Waals surface area contributed by atoms with E-state index in [0.717, 1.165) is 61.7 Å². The number of nitrogens with zero attached hydrogens (tertiary/aromatic N) is 2. The number of fused-ring (bicyclic) bond motifs is 1. The van der Waals surface area contributed by atoms with Gasteiger partial charge in [-0.2, -0.15) is 5.10 Å². The number of amides is 1. The molecule has 0 aliphatic carbocycles. The predicted molar refractivity (Wildman–Crippen MR) is 119 cm³/mol. The Morgan fingerprint density at radius 3 is 2.42 bits per heavy atom. The highest BCUT2D eigenvalue weighted by Gasteiger charge is 2.33. The minimum atomic E-state index is -0.424. The first-order chi connectivity index (χ1) is 15.2. The Kier molecular flexibility index (Phi) is 5.44. The monoisotopic (exact) mass is 417 g/mol. The molecule has 1 amide bonds. The summed E-state index contributed by atoms with van der Waals surface area (Å²) in [5, 5.41) is 11.9. The molecular weight excluding hydrogens is 390 g/mol. The van der Waals surface area contributed by atoms with E-state index in [0.29, 0.717) is 17.2 Å². The molecule has 0 radical (unpaired) electrons. The number of ether oxygens (including phenoxy) is 1. The van der Waals surface area contributed by atoms with Gasteiger partial charge < -0.3 is 15.8 Å². The fraction of sp³-hybridized carbons (Fsp3) is 0.333. The summed E-state index contributed by atoms with van der Waals surface area (Å²) < 4.78 is 7.91.